The molecule has 1 aromatic rings. The molecule has 3 heteroatoms. The molecule has 0 aliphatic heterocycles. The molecule has 1 rings (SSSR count). The number of hydrogen-bond acceptors (Lipinski definition) is 3. The van der Waals surface area contributed by atoms with Crippen LogP contribution in [0.5, 0.6) is 0 Å². The van der Waals surface area contributed by atoms with Crippen LogP contribution in [0.15, 0.2) is 24.3 Å². The van der Waals surface area contributed by atoms with Crippen molar-refractivity contribution in [3.05, 3.63) is 35.4 Å². The molecule has 0 amide bonds. The second-order valence-electron chi connectivity index (χ2n) is 5.03. The fourth-order valence-electron chi connectivity index (χ4n) is 1.74. The summed E-state index contributed by atoms with van der Waals surface area (Å²) in [4.78, 5) is 0. The van der Waals surface area contributed by atoms with Crippen molar-refractivity contribution in [1.29, 1.82) is 5.26 Å². The molecule has 0 aliphatic carbocycles. The van der Waals surface area contributed by atoms with Crippen molar-refractivity contribution in [3.63, 3.8) is 0 Å². The van der Waals surface area contributed by atoms with Crippen molar-refractivity contribution in [1.82, 2.24) is 0 Å². The van der Waals surface area contributed by atoms with E-state index in [-0.39, 0.29) is 0 Å². The monoisotopic (exact) mass is 262 g/mol. The largest absolute Gasteiger partial charge is 0.314 e. The van der Waals surface area contributed by atoms with Crippen LogP contribution in [-0.4, -0.2) is 11.3 Å². The second kappa shape index (κ2) is 7.45. The standard InChI is InChI=1S/C15H22N2S/c1-13-6-5-7-14(10-13)11-18-9-4-3-8-15(2,17)12-16/h5-7,10H,3-4,8-9,11,17H2,1-2H3. The molecule has 2 N–H and O–H groups in total. The first-order valence-electron chi connectivity index (χ1n) is 6.37. The van der Waals surface area contributed by atoms with Gasteiger partial charge in [-0.15, -0.1) is 0 Å². The van der Waals surface area contributed by atoms with Crippen molar-refractivity contribution in [3.8, 4) is 6.07 Å². The van der Waals surface area contributed by atoms with Gasteiger partial charge in [-0.1, -0.05) is 29.8 Å². The number of nitriles is 1. The first-order chi connectivity index (χ1) is 8.53. The highest BCUT2D eigenvalue weighted by atomic mass is 32.2. The maximum Gasteiger partial charge on any atom is 0.101 e. The van der Waals surface area contributed by atoms with Crippen LogP contribution in [0.4, 0.5) is 0 Å². The molecule has 0 fully saturated rings. The fourth-order valence-corrected chi connectivity index (χ4v) is 2.71. The quantitative estimate of drug-likeness (QED) is 0.763. The van der Waals surface area contributed by atoms with Crippen LogP contribution >= 0.6 is 11.8 Å². The maximum absolute atomic E-state index is 8.79. The maximum atomic E-state index is 8.79. The Bertz CT molecular complexity index is 407. The molecule has 1 aromatic carbocycles. The van der Waals surface area contributed by atoms with E-state index in [9.17, 15) is 0 Å². The molecule has 0 aliphatic rings. The first-order valence-corrected chi connectivity index (χ1v) is 7.52. The van der Waals surface area contributed by atoms with Crippen LogP contribution < -0.4 is 5.73 Å². The molecule has 0 saturated carbocycles. The van der Waals surface area contributed by atoms with Gasteiger partial charge in [-0.05, 0) is 44.4 Å². The van der Waals surface area contributed by atoms with Gasteiger partial charge in [0.2, 0.25) is 0 Å². The van der Waals surface area contributed by atoms with Crippen molar-refractivity contribution in [2.75, 3.05) is 5.75 Å². The van der Waals surface area contributed by atoms with Gasteiger partial charge in [0.15, 0.2) is 0 Å². The summed E-state index contributed by atoms with van der Waals surface area (Å²) < 4.78 is 0. The molecule has 0 saturated heterocycles. The van der Waals surface area contributed by atoms with E-state index in [4.69, 9.17) is 11.0 Å². The van der Waals surface area contributed by atoms with E-state index < -0.39 is 5.54 Å². The van der Waals surface area contributed by atoms with Crippen LogP contribution in [0, 0.1) is 18.3 Å². The van der Waals surface area contributed by atoms with Gasteiger partial charge < -0.3 is 5.73 Å². The molecule has 98 valence electrons. The molecule has 0 heterocycles. The zero-order valence-electron chi connectivity index (χ0n) is 11.3. The van der Waals surface area contributed by atoms with Crippen molar-refractivity contribution in [2.24, 2.45) is 5.73 Å². The number of benzene rings is 1. The summed E-state index contributed by atoms with van der Waals surface area (Å²) in [6.07, 6.45) is 2.95. The molecular weight excluding hydrogens is 240 g/mol. The summed E-state index contributed by atoms with van der Waals surface area (Å²) in [5.74, 6) is 2.20. The Labute approximate surface area is 115 Å². The minimum atomic E-state index is -0.652. The highest BCUT2D eigenvalue weighted by Gasteiger charge is 2.15. The average Bonchev–Trinajstić information content (AvgIpc) is 2.34. The predicted molar refractivity (Wildman–Crippen MR) is 79.4 cm³/mol. The minimum Gasteiger partial charge on any atom is -0.314 e. The number of hydrogen-bond donors (Lipinski definition) is 1. The Morgan fingerprint density at radius 2 is 2.17 bits per heavy atom. The Morgan fingerprint density at radius 1 is 1.39 bits per heavy atom. The van der Waals surface area contributed by atoms with Crippen LogP contribution in [0.2, 0.25) is 0 Å². The summed E-state index contributed by atoms with van der Waals surface area (Å²) in [6.45, 7) is 3.92. The van der Waals surface area contributed by atoms with Crippen molar-refractivity contribution in [2.45, 2.75) is 44.4 Å². The number of nitrogens with zero attached hydrogens (tertiary/aromatic N) is 1. The third-order valence-corrected chi connectivity index (χ3v) is 3.96. The molecule has 0 aromatic heterocycles. The molecule has 0 radical (unpaired) electrons. The summed E-state index contributed by atoms with van der Waals surface area (Å²) in [7, 11) is 0. The lowest BCUT2D eigenvalue weighted by Gasteiger charge is -2.14. The van der Waals surface area contributed by atoms with Crippen LogP contribution in [0.1, 0.15) is 37.3 Å². The number of unbranched alkanes of at least 4 members (excludes halogenated alkanes) is 1. The van der Waals surface area contributed by atoms with Gasteiger partial charge in [-0.25, -0.2) is 0 Å². The van der Waals surface area contributed by atoms with Crippen LogP contribution in [-0.2, 0) is 5.75 Å². The molecule has 0 spiro atoms. The van der Waals surface area contributed by atoms with Crippen LogP contribution in [0.25, 0.3) is 0 Å². The van der Waals surface area contributed by atoms with E-state index in [2.05, 4.69) is 37.3 Å². The highest BCUT2D eigenvalue weighted by Crippen LogP contribution is 2.17. The summed E-state index contributed by atoms with van der Waals surface area (Å²) in [5.41, 5.74) is 7.83. The lowest BCUT2D eigenvalue weighted by atomic mass is 9.99. The summed E-state index contributed by atoms with van der Waals surface area (Å²) in [5, 5.41) is 8.79. The number of aryl methyl sites for hydroxylation is 1. The third-order valence-electron chi connectivity index (χ3n) is 2.84. The zero-order valence-corrected chi connectivity index (χ0v) is 12.1. The average molecular weight is 262 g/mol. The Balaban J connectivity index is 2.11. The summed E-state index contributed by atoms with van der Waals surface area (Å²) >= 11 is 1.95. The fraction of sp³-hybridized carbons (Fsp3) is 0.533. The van der Waals surface area contributed by atoms with Gasteiger partial charge in [0.05, 0.1) is 6.07 Å². The number of nitrogens with two attached hydrogens (primary N) is 1. The van der Waals surface area contributed by atoms with Crippen molar-refractivity contribution < 1.29 is 0 Å². The van der Waals surface area contributed by atoms with Gasteiger partial charge in [0.1, 0.15) is 5.54 Å². The Hall–Kier alpha value is -0.980. The van der Waals surface area contributed by atoms with Gasteiger partial charge in [0.25, 0.3) is 0 Å². The second-order valence-corrected chi connectivity index (χ2v) is 6.13. The smallest absolute Gasteiger partial charge is 0.101 e. The summed E-state index contributed by atoms with van der Waals surface area (Å²) in [6, 6.07) is 10.8. The molecule has 2 nitrogen and oxygen atoms in total. The SMILES string of the molecule is Cc1cccc(CSCCCCC(C)(N)C#N)c1. The first kappa shape index (κ1) is 15.1. The van der Waals surface area contributed by atoms with E-state index in [1.54, 1.807) is 6.92 Å². The Morgan fingerprint density at radius 3 is 2.83 bits per heavy atom. The number of rotatable bonds is 7. The lowest BCUT2D eigenvalue weighted by Crippen LogP contribution is -2.33. The van der Waals surface area contributed by atoms with E-state index in [0.717, 1.165) is 30.8 Å². The molecule has 18 heavy (non-hydrogen) atoms. The predicted octanol–water partition coefficient (Wildman–Crippen LogP) is 3.64. The molecular formula is C15H22N2S. The van der Waals surface area contributed by atoms with E-state index in [1.807, 2.05) is 11.8 Å². The highest BCUT2D eigenvalue weighted by molar-refractivity contribution is 7.98. The Kier molecular flexibility index (Phi) is 6.24. The molecule has 1 unspecified atom stereocenters. The zero-order chi connectivity index (χ0) is 13.4. The third kappa shape index (κ3) is 6.09. The molecule has 0 bridgehead atoms. The van der Waals surface area contributed by atoms with E-state index in [1.165, 1.54) is 11.1 Å². The molecule has 1 atom stereocenters. The van der Waals surface area contributed by atoms with Crippen LogP contribution in [0.3, 0.4) is 0 Å². The van der Waals surface area contributed by atoms with Gasteiger partial charge in [-0.3, -0.25) is 0 Å². The van der Waals surface area contributed by atoms with Gasteiger partial charge in [0, 0.05) is 5.75 Å². The number of thioether (sulfide) groups is 1. The minimum absolute atomic E-state index is 0.652. The van der Waals surface area contributed by atoms with E-state index >= 15 is 0 Å². The lowest BCUT2D eigenvalue weighted by molar-refractivity contribution is 0.519. The van der Waals surface area contributed by atoms with E-state index in [0.29, 0.717) is 0 Å². The van der Waals surface area contributed by atoms with Gasteiger partial charge in [-0.2, -0.15) is 17.0 Å². The van der Waals surface area contributed by atoms with Crippen molar-refractivity contribution >= 4 is 11.8 Å². The van der Waals surface area contributed by atoms with Gasteiger partial charge >= 0.3 is 0 Å². The topological polar surface area (TPSA) is 49.8 Å². The normalized spacial score (nSPS) is 13.9.